The first-order valence-corrected chi connectivity index (χ1v) is 6.59. The molecule has 0 saturated carbocycles. The molecule has 0 fully saturated rings. The van der Waals surface area contributed by atoms with Gasteiger partial charge in [-0.2, -0.15) is 0 Å². The van der Waals surface area contributed by atoms with Crippen LogP contribution < -0.4 is 0 Å². The second-order valence-electron chi connectivity index (χ2n) is 4.07. The van der Waals surface area contributed by atoms with E-state index in [1.807, 2.05) is 6.92 Å². The fourth-order valence-electron chi connectivity index (χ4n) is 1.25. The van der Waals surface area contributed by atoms with Gasteiger partial charge in [0.25, 0.3) is 0 Å². The third kappa shape index (κ3) is 22.1. The van der Waals surface area contributed by atoms with Crippen LogP contribution in [-0.4, -0.2) is 27.9 Å². The van der Waals surface area contributed by atoms with Crippen LogP contribution >= 0.6 is 0 Å². The number of hydrogen-bond donors (Lipinski definition) is 2. The van der Waals surface area contributed by atoms with E-state index in [2.05, 4.69) is 6.92 Å². The zero-order chi connectivity index (χ0) is 15.1. The smallest absolute Gasteiger partial charge is 0.328 e. The topological polar surface area (TPSA) is 91.7 Å². The molecule has 0 atom stereocenters. The Morgan fingerprint density at radius 1 is 0.842 bits per heavy atom. The highest BCUT2D eigenvalue weighted by atomic mass is 16.4. The average Bonchev–Trinajstić information content (AvgIpc) is 2.36. The summed E-state index contributed by atoms with van der Waals surface area (Å²) >= 11 is 0. The van der Waals surface area contributed by atoms with Crippen molar-refractivity contribution in [1.82, 2.24) is 0 Å². The lowest BCUT2D eigenvalue weighted by Gasteiger charge is -1.97. The molecule has 0 spiro atoms. The summed E-state index contributed by atoms with van der Waals surface area (Å²) in [5, 5.41) is 15.6. The predicted molar refractivity (Wildman–Crippen MR) is 73.1 cm³/mol. The number of aliphatic carboxylic acids is 2. The summed E-state index contributed by atoms with van der Waals surface area (Å²) < 4.78 is 0. The molecule has 110 valence electrons. The molecule has 0 bridgehead atoms. The minimum Gasteiger partial charge on any atom is -0.478 e. The van der Waals surface area contributed by atoms with E-state index in [1.165, 1.54) is 25.7 Å². The summed E-state index contributed by atoms with van der Waals surface area (Å²) in [5.74, 6) is -2.10. The van der Waals surface area contributed by atoms with E-state index in [0.29, 0.717) is 24.4 Å². The van der Waals surface area contributed by atoms with Crippen LogP contribution in [0.25, 0.3) is 0 Å². The Hall–Kier alpha value is -1.65. The second kappa shape index (κ2) is 14.4. The molecule has 0 aromatic carbocycles. The number of carbonyl (C=O) groups excluding carboxylic acids is 1. The molecule has 0 aromatic heterocycles. The molecule has 0 amide bonds. The number of rotatable bonds is 9. The van der Waals surface area contributed by atoms with Crippen LogP contribution in [0.2, 0.25) is 0 Å². The SMILES string of the molecule is CCCCCCCC(=O)CC.O=C(O)/C=C\C(=O)O. The molecule has 5 heteroatoms. The zero-order valence-corrected chi connectivity index (χ0v) is 11.7. The van der Waals surface area contributed by atoms with Gasteiger partial charge in [0.2, 0.25) is 0 Å². The van der Waals surface area contributed by atoms with Gasteiger partial charge in [-0.05, 0) is 6.42 Å². The minimum atomic E-state index is -1.26. The maximum Gasteiger partial charge on any atom is 0.328 e. The van der Waals surface area contributed by atoms with Crippen molar-refractivity contribution in [3.63, 3.8) is 0 Å². The first-order chi connectivity index (χ1) is 8.93. The van der Waals surface area contributed by atoms with Gasteiger partial charge in [0.15, 0.2) is 0 Å². The first-order valence-electron chi connectivity index (χ1n) is 6.59. The van der Waals surface area contributed by atoms with E-state index in [4.69, 9.17) is 10.2 Å². The van der Waals surface area contributed by atoms with Crippen molar-refractivity contribution < 1.29 is 24.6 Å². The summed E-state index contributed by atoms with van der Waals surface area (Å²) in [7, 11) is 0. The fourth-order valence-corrected chi connectivity index (χ4v) is 1.25. The van der Waals surface area contributed by atoms with Crippen molar-refractivity contribution in [2.45, 2.75) is 58.8 Å². The van der Waals surface area contributed by atoms with E-state index in [9.17, 15) is 14.4 Å². The minimum absolute atomic E-state index is 0.418. The van der Waals surface area contributed by atoms with E-state index in [0.717, 1.165) is 12.8 Å². The first kappa shape index (κ1) is 19.7. The number of carboxylic acids is 2. The quantitative estimate of drug-likeness (QED) is 0.497. The molecular weight excluding hydrogens is 248 g/mol. The van der Waals surface area contributed by atoms with Gasteiger partial charge in [-0.25, -0.2) is 9.59 Å². The lowest BCUT2D eigenvalue weighted by Crippen LogP contribution is -1.93. The highest BCUT2D eigenvalue weighted by Gasteiger charge is 1.96. The van der Waals surface area contributed by atoms with Gasteiger partial charge < -0.3 is 10.2 Å². The second-order valence-corrected chi connectivity index (χ2v) is 4.07. The standard InChI is InChI=1S/C10H20O.C4H4O4/c1-3-5-6-7-8-9-10(11)4-2;5-3(6)1-2-4(7)8/h3-9H2,1-2H3;1-2H,(H,5,6)(H,7,8)/b;2-1-. The highest BCUT2D eigenvalue weighted by molar-refractivity contribution is 5.89. The molecule has 0 aliphatic rings. The van der Waals surface area contributed by atoms with E-state index in [1.54, 1.807) is 0 Å². The normalized spacial score (nSPS) is 9.79. The Morgan fingerprint density at radius 2 is 1.32 bits per heavy atom. The zero-order valence-electron chi connectivity index (χ0n) is 11.7. The predicted octanol–water partition coefficient (Wildman–Crippen LogP) is 3.04. The molecule has 0 aliphatic heterocycles. The molecule has 19 heavy (non-hydrogen) atoms. The molecule has 5 nitrogen and oxygen atoms in total. The largest absolute Gasteiger partial charge is 0.478 e. The molecule has 0 rings (SSSR count). The molecule has 2 N–H and O–H groups in total. The van der Waals surface area contributed by atoms with Crippen molar-refractivity contribution in [3.8, 4) is 0 Å². The Bertz CT molecular complexity index is 278. The van der Waals surface area contributed by atoms with E-state index >= 15 is 0 Å². The van der Waals surface area contributed by atoms with Crippen LogP contribution in [0.4, 0.5) is 0 Å². The summed E-state index contributed by atoms with van der Waals surface area (Å²) in [4.78, 5) is 30.0. The lowest BCUT2D eigenvalue weighted by atomic mass is 10.1. The molecule has 0 radical (unpaired) electrons. The summed E-state index contributed by atoms with van der Waals surface area (Å²) in [6, 6.07) is 0. The maximum atomic E-state index is 10.8. The molecular formula is C14H24O5. The van der Waals surface area contributed by atoms with E-state index < -0.39 is 11.9 Å². The van der Waals surface area contributed by atoms with Gasteiger partial charge in [0, 0.05) is 25.0 Å². The van der Waals surface area contributed by atoms with Crippen molar-refractivity contribution in [1.29, 1.82) is 0 Å². The van der Waals surface area contributed by atoms with Crippen molar-refractivity contribution in [3.05, 3.63) is 12.2 Å². The van der Waals surface area contributed by atoms with Gasteiger partial charge in [-0.1, -0.05) is 39.5 Å². The van der Waals surface area contributed by atoms with Crippen LogP contribution in [-0.2, 0) is 14.4 Å². The van der Waals surface area contributed by atoms with Gasteiger partial charge in [-0.3, -0.25) is 4.79 Å². The number of hydrogen-bond acceptors (Lipinski definition) is 3. The van der Waals surface area contributed by atoms with Crippen LogP contribution in [0.1, 0.15) is 58.8 Å². The van der Waals surface area contributed by atoms with Crippen LogP contribution in [0, 0.1) is 0 Å². The molecule has 0 heterocycles. The molecule has 0 saturated heterocycles. The highest BCUT2D eigenvalue weighted by Crippen LogP contribution is 2.05. The van der Waals surface area contributed by atoms with Crippen molar-refractivity contribution in [2.75, 3.05) is 0 Å². The number of carbonyl (C=O) groups is 3. The Labute approximate surface area is 114 Å². The third-order valence-electron chi connectivity index (χ3n) is 2.32. The third-order valence-corrected chi connectivity index (χ3v) is 2.32. The summed E-state index contributed by atoms with van der Waals surface area (Å²) in [6.45, 7) is 4.14. The molecule has 0 aromatic rings. The monoisotopic (exact) mass is 272 g/mol. The van der Waals surface area contributed by atoms with Gasteiger partial charge in [0.1, 0.15) is 5.78 Å². The molecule has 0 unspecified atom stereocenters. The van der Waals surface area contributed by atoms with Crippen LogP contribution in [0.15, 0.2) is 12.2 Å². The number of carboxylic acid groups (broad SMARTS) is 2. The van der Waals surface area contributed by atoms with Gasteiger partial charge in [-0.15, -0.1) is 0 Å². The number of ketones is 1. The lowest BCUT2D eigenvalue weighted by molar-refractivity contribution is -0.134. The van der Waals surface area contributed by atoms with Crippen LogP contribution in [0.5, 0.6) is 0 Å². The van der Waals surface area contributed by atoms with Crippen molar-refractivity contribution in [2.24, 2.45) is 0 Å². The van der Waals surface area contributed by atoms with Gasteiger partial charge >= 0.3 is 11.9 Å². The number of unbranched alkanes of at least 4 members (excludes halogenated alkanes) is 4. The van der Waals surface area contributed by atoms with Crippen molar-refractivity contribution >= 4 is 17.7 Å². The Kier molecular flexibility index (Phi) is 14.9. The average molecular weight is 272 g/mol. The Balaban J connectivity index is 0. The summed E-state index contributed by atoms with van der Waals surface area (Å²) in [5.41, 5.74) is 0. The van der Waals surface area contributed by atoms with E-state index in [-0.39, 0.29) is 0 Å². The van der Waals surface area contributed by atoms with Crippen LogP contribution in [0.3, 0.4) is 0 Å². The maximum absolute atomic E-state index is 10.8. The molecule has 0 aliphatic carbocycles. The van der Waals surface area contributed by atoms with Gasteiger partial charge in [0.05, 0.1) is 0 Å². The fraction of sp³-hybridized carbons (Fsp3) is 0.643. The Morgan fingerprint density at radius 3 is 1.68 bits per heavy atom. The summed E-state index contributed by atoms with van der Waals surface area (Å²) in [6.07, 6.45) is 8.88. The number of Topliss-reactive ketones (excluding diaryl/α,β-unsaturated/α-hetero) is 1.